The summed E-state index contributed by atoms with van der Waals surface area (Å²) in [5, 5.41) is 9.68. The zero-order valence-corrected chi connectivity index (χ0v) is 8.84. The highest BCUT2D eigenvalue weighted by molar-refractivity contribution is 4.63. The van der Waals surface area contributed by atoms with Crippen molar-refractivity contribution >= 4 is 0 Å². The number of hydrogen-bond acceptors (Lipinski definition) is 1. The second kappa shape index (κ2) is 7.60. The van der Waals surface area contributed by atoms with Crippen molar-refractivity contribution in [2.45, 2.75) is 65.4 Å². The average molecular weight is 172 g/mol. The maximum atomic E-state index is 9.68. The molecule has 0 bridgehead atoms. The Kier molecular flexibility index (Phi) is 7.58. The predicted octanol–water partition coefficient (Wildman–Crippen LogP) is 3.36. The summed E-state index contributed by atoms with van der Waals surface area (Å²) in [6.07, 6.45) is 6.97. The summed E-state index contributed by atoms with van der Waals surface area (Å²) in [5.41, 5.74) is 0. The third-order valence-electron chi connectivity index (χ3n) is 2.50. The Labute approximate surface area is 77.2 Å². The molecule has 0 saturated carbocycles. The van der Waals surface area contributed by atoms with Crippen LogP contribution in [0.2, 0.25) is 0 Å². The van der Waals surface area contributed by atoms with E-state index in [9.17, 15) is 5.11 Å². The molecule has 1 nitrogen and oxygen atoms in total. The fourth-order valence-electron chi connectivity index (χ4n) is 1.54. The highest BCUT2D eigenvalue weighted by atomic mass is 16.3. The Bertz CT molecular complexity index is 91.0. The lowest BCUT2D eigenvalue weighted by atomic mass is 9.95. The minimum atomic E-state index is -0.0588. The van der Waals surface area contributed by atoms with Crippen molar-refractivity contribution in [3.05, 3.63) is 0 Å². The Morgan fingerprint density at radius 3 is 2.17 bits per heavy atom. The molecule has 12 heavy (non-hydrogen) atoms. The molecule has 0 spiro atoms. The molecule has 0 unspecified atom stereocenters. The van der Waals surface area contributed by atoms with Crippen LogP contribution in [0.25, 0.3) is 0 Å². The van der Waals surface area contributed by atoms with Crippen LogP contribution in [0.3, 0.4) is 0 Å². The molecule has 0 aliphatic carbocycles. The van der Waals surface area contributed by atoms with Crippen molar-refractivity contribution in [3.8, 4) is 0 Å². The van der Waals surface area contributed by atoms with E-state index in [1.807, 2.05) is 0 Å². The van der Waals surface area contributed by atoms with Crippen molar-refractivity contribution in [2.24, 2.45) is 5.92 Å². The standard InChI is InChI=1S/C11H24O/c1-4-6-7-9-11(12)10(3)8-5-2/h10-12H,4-9H2,1-3H3/t10-,11-/m1/s1. The van der Waals surface area contributed by atoms with Gasteiger partial charge in [-0.1, -0.05) is 46.5 Å². The summed E-state index contributed by atoms with van der Waals surface area (Å²) < 4.78 is 0. The van der Waals surface area contributed by atoms with Crippen molar-refractivity contribution in [1.82, 2.24) is 0 Å². The van der Waals surface area contributed by atoms with Crippen LogP contribution >= 0.6 is 0 Å². The Morgan fingerprint density at radius 1 is 1.00 bits per heavy atom. The second-order valence-electron chi connectivity index (χ2n) is 3.83. The molecule has 74 valence electrons. The predicted molar refractivity (Wildman–Crippen MR) is 54.2 cm³/mol. The molecule has 1 N–H and O–H groups in total. The molecule has 1 heteroatoms. The van der Waals surface area contributed by atoms with E-state index in [1.165, 1.54) is 25.7 Å². The van der Waals surface area contributed by atoms with Gasteiger partial charge in [-0.2, -0.15) is 0 Å². The van der Waals surface area contributed by atoms with E-state index < -0.39 is 0 Å². The van der Waals surface area contributed by atoms with Gasteiger partial charge in [-0.15, -0.1) is 0 Å². The van der Waals surface area contributed by atoms with E-state index in [0.29, 0.717) is 5.92 Å². The molecule has 0 aromatic carbocycles. The first kappa shape index (κ1) is 12.0. The molecule has 0 aliphatic rings. The fraction of sp³-hybridized carbons (Fsp3) is 1.00. The molecular formula is C11H24O. The van der Waals surface area contributed by atoms with Gasteiger partial charge in [0.15, 0.2) is 0 Å². The topological polar surface area (TPSA) is 20.2 Å². The van der Waals surface area contributed by atoms with Gasteiger partial charge in [-0.05, 0) is 18.8 Å². The first-order valence-corrected chi connectivity index (χ1v) is 5.40. The van der Waals surface area contributed by atoms with E-state index in [4.69, 9.17) is 0 Å². The van der Waals surface area contributed by atoms with Crippen LogP contribution in [0.4, 0.5) is 0 Å². The number of rotatable bonds is 7. The van der Waals surface area contributed by atoms with Crippen LogP contribution in [0.1, 0.15) is 59.3 Å². The molecule has 0 fully saturated rings. The summed E-state index contributed by atoms with van der Waals surface area (Å²) in [6, 6.07) is 0. The summed E-state index contributed by atoms with van der Waals surface area (Å²) in [7, 11) is 0. The maximum absolute atomic E-state index is 9.68. The highest BCUT2D eigenvalue weighted by Crippen LogP contribution is 2.15. The average Bonchev–Trinajstić information content (AvgIpc) is 2.05. The number of aliphatic hydroxyl groups is 1. The molecule has 0 aromatic rings. The van der Waals surface area contributed by atoms with Gasteiger partial charge in [-0.25, -0.2) is 0 Å². The molecule has 0 aromatic heterocycles. The van der Waals surface area contributed by atoms with E-state index in [2.05, 4.69) is 20.8 Å². The Hall–Kier alpha value is -0.0400. The monoisotopic (exact) mass is 172 g/mol. The third-order valence-corrected chi connectivity index (χ3v) is 2.50. The number of aliphatic hydroxyl groups excluding tert-OH is 1. The van der Waals surface area contributed by atoms with Crippen molar-refractivity contribution in [2.75, 3.05) is 0 Å². The van der Waals surface area contributed by atoms with Gasteiger partial charge in [0.1, 0.15) is 0 Å². The summed E-state index contributed by atoms with van der Waals surface area (Å²) in [6.45, 7) is 6.53. The van der Waals surface area contributed by atoms with Gasteiger partial charge >= 0.3 is 0 Å². The van der Waals surface area contributed by atoms with Crippen LogP contribution in [0.5, 0.6) is 0 Å². The lowest BCUT2D eigenvalue weighted by molar-refractivity contribution is 0.0998. The smallest absolute Gasteiger partial charge is 0.0565 e. The van der Waals surface area contributed by atoms with E-state index >= 15 is 0 Å². The molecule has 0 aliphatic heterocycles. The zero-order valence-electron chi connectivity index (χ0n) is 8.84. The normalized spacial score (nSPS) is 16.0. The van der Waals surface area contributed by atoms with Crippen LogP contribution < -0.4 is 0 Å². The molecule has 0 heterocycles. The summed E-state index contributed by atoms with van der Waals surface area (Å²) >= 11 is 0. The Morgan fingerprint density at radius 2 is 1.67 bits per heavy atom. The van der Waals surface area contributed by atoms with Crippen LogP contribution in [-0.2, 0) is 0 Å². The first-order chi connectivity index (χ1) is 5.72. The molecule has 2 atom stereocenters. The van der Waals surface area contributed by atoms with Crippen molar-refractivity contribution < 1.29 is 5.11 Å². The number of unbranched alkanes of at least 4 members (excludes halogenated alkanes) is 2. The van der Waals surface area contributed by atoms with Gasteiger partial charge in [0, 0.05) is 0 Å². The number of hydrogen-bond donors (Lipinski definition) is 1. The van der Waals surface area contributed by atoms with E-state index in [-0.39, 0.29) is 6.10 Å². The van der Waals surface area contributed by atoms with Crippen LogP contribution in [-0.4, -0.2) is 11.2 Å². The zero-order chi connectivity index (χ0) is 9.40. The molecule has 0 radical (unpaired) electrons. The lowest BCUT2D eigenvalue weighted by Crippen LogP contribution is -2.17. The fourth-order valence-corrected chi connectivity index (χ4v) is 1.54. The molecule has 0 rings (SSSR count). The third kappa shape index (κ3) is 5.59. The molecule has 0 saturated heterocycles. The van der Waals surface area contributed by atoms with E-state index in [0.717, 1.165) is 12.8 Å². The second-order valence-corrected chi connectivity index (χ2v) is 3.83. The van der Waals surface area contributed by atoms with Gasteiger partial charge in [0.05, 0.1) is 6.10 Å². The highest BCUT2D eigenvalue weighted by Gasteiger charge is 2.11. The van der Waals surface area contributed by atoms with Gasteiger partial charge in [0.2, 0.25) is 0 Å². The Balaban J connectivity index is 3.35. The van der Waals surface area contributed by atoms with E-state index in [1.54, 1.807) is 0 Å². The van der Waals surface area contributed by atoms with Crippen LogP contribution in [0.15, 0.2) is 0 Å². The quantitative estimate of drug-likeness (QED) is 0.584. The van der Waals surface area contributed by atoms with Crippen molar-refractivity contribution in [3.63, 3.8) is 0 Å². The SMILES string of the molecule is CCCCC[C@@H](O)[C@H](C)CCC. The van der Waals surface area contributed by atoms with Crippen molar-refractivity contribution in [1.29, 1.82) is 0 Å². The minimum Gasteiger partial charge on any atom is -0.393 e. The minimum absolute atomic E-state index is 0.0588. The van der Waals surface area contributed by atoms with Gasteiger partial charge in [-0.3, -0.25) is 0 Å². The van der Waals surface area contributed by atoms with Gasteiger partial charge in [0.25, 0.3) is 0 Å². The summed E-state index contributed by atoms with van der Waals surface area (Å²) in [4.78, 5) is 0. The van der Waals surface area contributed by atoms with Gasteiger partial charge < -0.3 is 5.11 Å². The first-order valence-electron chi connectivity index (χ1n) is 5.40. The summed E-state index contributed by atoms with van der Waals surface area (Å²) in [5.74, 6) is 0.492. The molecule has 0 amide bonds. The maximum Gasteiger partial charge on any atom is 0.0565 e. The lowest BCUT2D eigenvalue weighted by Gasteiger charge is -2.17. The molecular weight excluding hydrogens is 148 g/mol. The van der Waals surface area contributed by atoms with Crippen LogP contribution in [0, 0.1) is 5.92 Å². The largest absolute Gasteiger partial charge is 0.393 e.